The van der Waals surface area contributed by atoms with Crippen LogP contribution in [0.25, 0.3) is 16.8 Å². The molecule has 2 aromatic rings. The first-order valence-corrected chi connectivity index (χ1v) is 22.3. The number of aromatic nitrogens is 1. The van der Waals surface area contributed by atoms with Crippen molar-refractivity contribution in [2.24, 2.45) is 0 Å². The van der Waals surface area contributed by atoms with Crippen molar-refractivity contribution >= 4 is 39.5 Å². The van der Waals surface area contributed by atoms with Gasteiger partial charge in [-0.15, -0.1) is 0 Å². The number of unbranched alkanes of at least 4 members (excludes halogenated alkanes) is 2. The first-order chi connectivity index (χ1) is 20.3. The number of fused-ring (bicyclic) bond motifs is 1. The van der Waals surface area contributed by atoms with E-state index in [0.717, 1.165) is 41.3 Å². The van der Waals surface area contributed by atoms with Crippen LogP contribution in [0.1, 0.15) is 111 Å². The maximum absolute atomic E-state index is 12.0. The van der Waals surface area contributed by atoms with Crippen LogP contribution in [0.5, 0.6) is 0 Å². The predicted octanol–water partition coefficient (Wildman–Crippen LogP) is 9.99. The number of benzene rings is 1. The maximum atomic E-state index is 12.0. The number of hydrogen-bond donors (Lipinski definition) is 1. The van der Waals surface area contributed by atoms with Crippen LogP contribution in [0.15, 0.2) is 36.5 Å². The maximum Gasteiger partial charge on any atom is 0.305 e. The first kappa shape index (κ1) is 38.3. The Bertz CT molecular complexity index is 1230. The lowest BCUT2D eigenvalue weighted by atomic mass is 9.99. The molecule has 8 heteroatoms. The second-order valence-electron chi connectivity index (χ2n) is 15.2. The van der Waals surface area contributed by atoms with Gasteiger partial charge >= 0.3 is 5.97 Å². The Morgan fingerprint density at radius 3 is 2.07 bits per heavy atom. The molecule has 6 nitrogen and oxygen atoms in total. The zero-order valence-electron chi connectivity index (χ0n) is 29.8. The van der Waals surface area contributed by atoms with Crippen molar-refractivity contribution in [3.8, 4) is 0 Å². The van der Waals surface area contributed by atoms with E-state index in [1.54, 1.807) is 0 Å². The molecule has 44 heavy (non-hydrogen) atoms. The van der Waals surface area contributed by atoms with Crippen LogP contribution < -0.4 is 0 Å². The molecule has 2 unspecified atom stereocenters. The molecular weight excluding hydrogens is 583 g/mol. The highest BCUT2D eigenvalue weighted by Crippen LogP contribution is 2.41. The van der Waals surface area contributed by atoms with Crippen LogP contribution in [0.2, 0.25) is 36.3 Å². The van der Waals surface area contributed by atoms with Gasteiger partial charge in [0.25, 0.3) is 0 Å². The van der Waals surface area contributed by atoms with Gasteiger partial charge in [0, 0.05) is 23.6 Å². The number of ether oxygens (including phenoxy) is 1. The molecule has 0 aliphatic carbocycles. The van der Waals surface area contributed by atoms with Gasteiger partial charge in [-0.25, -0.2) is 0 Å². The van der Waals surface area contributed by atoms with E-state index in [9.17, 15) is 9.90 Å². The lowest BCUT2D eigenvalue weighted by Crippen LogP contribution is -2.51. The molecule has 3 atom stereocenters. The number of esters is 1. The van der Waals surface area contributed by atoms with E-state index in [0.29, 0.717) is 25.7 Å². The summed E-state index contributed by atoms with van der Waals surface area (Å²) in [5.41, 5.74) is 1.72. The highest BCUT2D eigenvalue weighted by molar-refractivity contribution is 6.74. The average molecular weight is 644 g/mol. The molecule has 0 saturated carbocycles. The molecule has 0 radical (unpaired) electrons. The summed E-state index contributed by atoms with van der Waals surface area (Å²) < 4.78 is 19.2. The smallest absolute Gasteiger partial charge is 0.305 e. The van der Waals surface area contributed by atoms with E-state index in [2.05, 4.69) is 98.9 Å². The lowest BCUT2D eigenvalue weighted by molar-refractivity contribution is -0.140. The number of carbonyl (C=O) groups is 1. The Labute approximate surface area is 270 Å². The van der Waals surface area contributed by atoms with Gasteiger partial charge in [0.1, 0.15) is 0 Å². The van der Waals surface area contributed by atoms with Crippen LogP contribution in [0.3, 0.4) is 0 Å². The molecule has 0 amide bonds. The van der Waals surface area contributed by atoms with Crippen molar-refractivity contribution in [3.05, 3.63) is 47.8 Å². The van der Waals surface area contributed by atoms with Crippen LogP contribution in [0, 0.1) is 0 Å². The number of aliphatic hydroxyl groups is 1. The van der Waals surface area contributed by atoms with E-state index < -0.39 is 22.7 Å². The van der Waals surface area contributed by atoms with Crippen LogP contribution in [-0.4, -0.2) is 52.0 Å². The molecule has 1 heterocycles. The molecule has 0 aliphatic heterocycles. The van der Waals surface area contributed by atoms with Gasteiger partial charge in [0.2, 0.25) is 0 Å². The highest BCUT2D eigenvalue weighted by atomic mass is 28.4. The van der Waals surface area contributed by atoms with Crippen molar-refractivity contribution in [1.82, 2.24) is 4.98 Å². The summed E-state index contributed by atoms with van der Waals surface area (Å²) in [6, 6.07) is 8.20. The molecular formula is C36H61NO5Si2. The van der Waals surface area contributed by atoms with Crippen LogP contribution >= 0.6 is 0 Å². The fourth-order valence-electron chi connectivity index (χ4n) is 4.71. The van der Waals surface area contributed by atoms with E-state index in [1.807, 2.05) is 18.3 Å². The van der Waals surface area contributed by atoms with Gasteiger partial charge < -0.3 is 18.7 Å². The van der Waals surface area contributed by atoms with E-state index in [4.69, 9.17) is 18.6 Å². The molecule has 2 rings (SSSR count). The van der Waals surface area contributed by atoms with E-state index in [-0.39, 0.29) is 28.3 Å². The second-order valence-corrected chi connectivity index (χ2v) is 24.8. The topological polar surface area (TPSA) is 77.9 Å². The van der Waals surface area contributed by atoms with Crippen LogP contribution in [0.4, 0.5) is 0 Å². The summed E-state index contributed by atoms with van der Waals surface area (Å²) in [4.78, 5) is 16.8. The second kappa shape index (κ2) is 16.1. The fraction of sp³-hybridized carbons (Fsp3) is 0.667. The number of carbonyl (C=O) groups excluding carboxylic acids is 1. The normalized spacial score (nSPS) is 15.5. The van der Waals surface area contributed by atoms with Crippen LogP contribution in [-0.2, 0) is 18.4 Å². The summed E-state index contributed by atoms with van der Waals surface area (Å²) >= 11 is 0. The number of methoxy groups -OCH3 is 1. The average Bonchev–Trinajstić information content (AvgIpc) is 2.93. The first-order valence-electron chi connectivity index (χ1n) is 16.5. The molecule has 248 valence electrons. The Balaban J connectivity index is 2.59. The molecule has 1 N–H and O–H groups in total. The van der Waals surface area contributed by atoms with E-state index in [1.165, 1.54) is 7.11 Å². The van der Waals surface area contributed by atoms with Gasteiger partial charge in [0.05, 0.1) is 31.1 Å². The molecule has 0 saturated heterocycles. The quantitative estimate of drug-likeness (QED) is 0.111. The predicted molar refractivity (Wildman–Crippen MR) is 190 cm³/mol. The van der Waals surface area contributed by atoms with Crippen molar-refractivity contribution in [1.29, 1.82) is 0 Å². The number of aliphatic hydroxyl groups excluding tert-OH is 1. The molecule has 0 bridgehead atoms. The van der Waals surface area contributed by atoms with Gasteiger partial charge in [-0.3, -0.25) is 9.78 Å². The standard InChI is InChI=1S/C36H61NO5Si2/c1-13-14-15-21-30(38)34-29-20-17-16-19-28(29)27(26-37-34)24-25-32(42-44(11,12)36(5,6)7)31(22-18-23-33(39)40-8)41-43(9,10)35(2,3)4/h16-17,19-20,24-26,30-32,38H,13-15,18,21-23H2,1-12H3/b25-24+/t30-,31?,32?/m1/s1. The summed E-state index contributed by atoms with van der Waals surface area (Å²) in [6.07, 6.45) is 10.6. The third kappa shape index (κ3) is 10.6. The Morgan fingerprint density at radius 1 is 0.909 bits per heavy atom. The molecule has 1 aromatic heterocycles. The van der Waals surface area contributed by atoms with Gasteiger partial charge in [-0.2, -0.15) is 0 Å². The highest BCUT2D eigenvalue weighted by Gasteiger charge is 2.44. The van der Waals surface area contributed by atoms with Gasteiger partial charge in [-0.1, -0.05) is 104 Å². The van der Waals surface area contributed by atoms with Crippen molar-refractivity contribution in [2.45, 2.75) is 148 Å². The summed E-state index contributed by atoms with van der Waals surface area (Å²) in [5, 5.41) is 13.1. The summed E-state index contributed by atoms with van der Waals surface area (Å²) in [6.45, 7) is 24.8. The minimum atomic E-state index is -2.21. The van der Waals surface area contributed by atoms with E-state index >= 15 is 0 Å². The Kier molecular flexibility index (Phi) is 14.0. The van der Waals surface area contributed by atoms with Gasteiger partial charge in [-0.05, 0) is 60.9 Å². The third-order valence-electron chi connectivity index (χ3n) is 9.67. The minimum Gasteiger partial charge on any atom is -0.469 e. The number of nitrogens with zero attached hydrogens (tertiary/aromatic N) is 1. The summed E-state index contributed by atoms with van der Waals surface area (Å²) in [7, 11) is -2.95. The number of rotatable bonds is 16. The number of pyridine rings is 1. The van der Waals surface area contributed by atoms with Gasteiger partial charge in [0.15, 0.2) is 16.6 Å². The monoisotopic (exact) mass is 643 g/mol. The Morgan fingerprint density at radius 2 is 1.50 bits per heavy atom. The molecule has 0 fully saturated rings. The van der Waals surface area contributed by atoms with Crippen molar-refractivity contribution in [3.63, 3.8) is 0 Å². The molecule has 1 aromatic carbocycles. The SMILES string of the molecule is CCCCC[C@@H](O)c1ncc(/C=C/C(O[Si](C)(C)C(C)(C)C)C(CCCC(=O)OC)O[Si](C)(C)C(C)(C)C)c2ccccc12. The van der Waals surface area contributed by atoms with Crippen molar-refractivity contribution < 1.29 is 23.5 Å². The lowest BCUT2D eigenvalue weighted by Gasteiger charge is -2.44. The summed E-state index contributed by atoms with van der Waals surface area (Å²) in [5.74, 6) is -0.206. The third-order valence-corrected chi connectivity index (χ3v) is 18.6. The zero-order chi connectivity index (χ0) is 33.3. The zero-order valence-corrected chi connectivity index (χ0v) is 31.8. The minimum absolute atomic E-state index is 0.0104. The van der Waals surface area contributed by atoms with Crippen molar-refractivity contribution in [2.75, 3.05) is 7.11 Å². The largest absolute Gasteiger partial charge is 0.469 e. The Hall–Kier alpha value is -1.85. The fourth-order valence-corrected chi connectivity index (χ4v) is 7.34. The molecule has 0 spiro atoms. The number of hydrogen-bond acceptors (Lipinski definition) is 6. The molecule has 0 aliphatic rings.